The Morgan fingerprint density at radius 3 is 2.67 bits per heavy atom. The Kier molecular flexibility index (Phi) is 2.77. The Balaban J connectivity index is 2.67. The summed E-state index contributed by atoms with van der Waals surface area (Å²) < 4.78 is 15.4. The van der Waals surface area contributed by atoms with Crippen molar-refractivity contribution < 1.29 is 9.50 Å². The first-order valence-corrected chi connectivity index (χ1v) is 5.20. The third-order valence-electron chi connectivity index (χ3n) is 2.41. The zero-order chi connectivity index (χ0) is 13.4. The molecule has 0 aromatic carbocycles. The molecule has 0 saturated carbocycles. The fourth-order valence-electron chi connectivity index (χ4n) is 1.47. The van der Waals surface area contributed by atoms with Crippen molar-refractivity contribution in [3.05, 3.63) is 39.0 Å². The number of hydrogen-bond acceptors (Lipinski definition) is 4. The van der Waals surface area contributed by atoms with Crippen molar-refractivity contribution in [1.82, 2.24) is 19.3 Å². The van der Waals surface area contributed by atoms with Crippen LogP contribution in [0.1, 0.15) is 19.9 Å². The summed E-state index contributed by atoms with van der Waals surface area (Å²) >= 11 is 0. The quantitative estimate of drug-likeness (QED) is 0.797. The van der Waals surface area contributed by atoms with Crippen molar-refractivity contribution in [2.75, 3.05) is 0 Å². The molecule has 96 valence electrons. The lowest BCUT2D eigenvalue weighted by molar-refractivity contribution is 0.386. The van der Waals surface area contributed by atoms with Crippen LogP contribution in [0, 0.1) is 5.82 Å². The highest BCUT2D eigenvalue weighted by Crippen LogP contribution is 2.15. The van der Waals surface area contributed by atoms with Gasteiger partial charge in [0.1, 0.15) is 0 Å². The molecule has 2 aromatic heterocycles. The molecule has 0 aliphatic rings. The van der Waals surface area contributed by atoms with E-state index in [4.69, 9.17) is 0 Å². The van der Waals surface area contributed by atoms with Gasteiger partial charge in [-0.1, -0.05) is 0 Å². The molecular formula is C10H11FN4O3. The first-order chi connectivity index (χ1) is 8.41. The number of nitrogens with zero attached hydrogens (tertiary/aromatic N) is 3. The summed E-state index contributed by atoms with van der Waals surface area (Å²) in [4.78, 5) is 24.2. The van der Waals surface area contributed by atoms with Crippen molar-refractivity contribution >= 4 is 0 Å². The average Bonchev–Trinajstić information content (AvgIpc) is 2.75. The summed E-state index contributed by atoms with van der Waals surface area (Å²) in [5.41, 5.74) is -2.02. The van der Waals surface area contributed by atoms with E-state index in [-0.39, 0.29) is 11.7 Å². The minimum atomic E-state index is -1.41. The molecule has 0 fully saturated rings. The van der Waals surface area contributed by atoms with E-state index in [0.717, 1.165) is 0 Å². The molecule has 0 unspecified atom stereocenters. The van der Waals surface area contributed by atoms with Gasteiger partial charge in [-0.3, -0.25) is 14.5 Å². The molecule has 0 aliphatic carbocycles. The van der Waals surface area contributed by atoms with Gasteiger partial charge in [0.25, 0.3) is 5.56 Å². The van der Waals surface area contributed by atoms with E-state index in [2.05, 4.69) is 5.10 Å². The summed E-state index contributed by atoms with van der Waals surface area (Å²) in [7, 11) is 0. The topological polar surface area (TPSA) is 92.9 Å². The first-order valence-electron chi connectivity index (χ1n) is 5.20. The van der Waals surface area contributed by atoms with Gasteiger partial charge in [-0.05, 0) is 13.8 Å². The molecule has 0 spiro atoms. The van der Waals surface area contributed by atoms with Gasteiger partial charge in [0, 0.05) is 12.2 Å². The van der Waals surface area contributed by atoms with Crippen LogP contribution in [-0.4, -0.2) is 24.4 Å². The Hall–Kier alpha value is -2.38. The van der Waals surface area contributed by atoms with Crippen LogP contribution in [0.25, 0.3) is 5.69 Å². The highest BCUT2D eigenvalue weighted by Gasteiger charge is 2.16. The van der Waals surface area contributed by atoms with E-state index in [1.54, 1.807) is 4.98 Å². The Bertz CT molecular complexity index is 698. The second-order valence-electron chi connectivity index (χ2n) is 4.00. The zero-order valence-corrected chi connectivity index (χ0v) is 9.72. The zero-order valence-electron chi connectivity index (χ0n) is 9.72. The lowest BCUT2D eigenvalue weighted by atomic mass is 10.4. The van der Waals surface area contributed by atoms with E-state index in [0.29, 0.717) is 4.57 Å². The number of aromatic nitrogens is 4. The van der Waals surface area contributed by atoms with Crippen molar-refractivity contribution in [2.24, 2.45) is 0 Å². The third kappa shape index (κ3) is 1.81. The molecule has 2 heterocycles. The van der Waals surface area contributed by atoms with Gasteiger partial charge in [-0.15, -0.1) is 0 Å². The van der Waals surface area contributed by atoms with E-state index in [1.165, 1.54) is 17.1 Å². The average molecular weight is 254 g/mol. The summed E-state index contributed by atoms with van der Waals surface area (Å²) in [5, 5.41) is 13.4. The molecule has 2 rings (SSSR count). The Morgan fingerprint density at radius 1 is 1.44 bits per heavy atom. The molecule has 7 nitrogen and oxygen atoms in total. The molecule has 8 heteroatoms. The second kappa shape index (κ2) is 4.13. The molecule has 0 radical (unpaired) electrons. The van der Waals surface area contributed by atoms with Gasteiger partial charge in [0.05, 0.1) is 11.9 Å². The number of halogens is 1. The lowest BCUT2D eigenvalue weighted by Crippen LogP contribution is -2.30. The maximum absolute atomic E-state index is 13.2. The van der Waals surface area contributed by atoms with Crippen molar-refractivity contribution in [2.45, 2.75) is 19.9 Å². The SMILES string of the molecule is CC(C)n1cc(-n2c(O)c(F)c(=O)[nH]c2=O)cn1. The highest BCUT2D eigenvalue weighted by molar-refractivity contribution is 5.31. The maximum atomic E-state index is 13.2. The van der Waals surface area contributed by atoms with Crippen molar-refractivity contribution in [3.63, 3.8) is 0 Å². The largest absolute Gasteiger partial charge is 0.492 e. The summed E-state index contributed by atoms with van der Waals surface area (Å²) in [6.07, 6.45) is 2.75. The predicted octanol–water partition coefficient (Wildman–Crippen LogP) is 0.148. The molecule has 0 atom stereocenters. The van der Waals surface area contributed by atoms with Crippen LogP contribution < -0.4 is 11.2 Å². The molecule has 0 amide bonds. The number of aromatic amines is 1. The Morgan fingerprint density at radius 2 is 2.11 bits per heavy atom. The van der Waals surface area contributed by atoms with E-state index < -0.39 is 22.9 Å². The van der Waals surface area contributed by atoms with Crippen LogP contribution >= 0.6 is 0 Å². The second-order valence-corrected chi connectivity index (χ2v) is 4.00. The number of rotatable bonds is 2. The molecule has 2 aromatic rings. The Labute approximate surface area is 100 Å². The van der Waals surface area contributed by atoms with Crippen molar-refractivity contribution in [3.8, 4) is 11.6 Å². The van der Waals surface area contributed by atoms with Gasteiger partial charge in [-0.25, -0.2) is 9.36 Å². The molecule has 0 bridgehead atoms. The van der Waals surface area contributed by atoms with Gasteiger partial charge < -0.3 is 5.11 Å². The normalized spacial score (nSPS) is 11.1. The van der Waals surface area contributed by atoms with Crippen LogP contribution in [0.5, 0.6) is 5.88 Å². The maximum Gasteiger partial charge on any atom is 0.336 e. The van der Waals surface area contributed by atoms with Crippen LogP contribution in [0.3, 0.4) is 0 Å². The number of hydrogen-bond donors (Lipinski definition) is 2. The summed E-state index contributed by atoms with van der Waals surface area (Å²) in [6, 6.07) is 0.0456. The highest BCUT2D eigenvalue weighted by atomic mass is 19.1. The number of nitrogens with one attached hydrogen (secondary N) is 1. The fraction of sp³-hybridized carbons (Fsp3) is 0.300. The van der Waals surface area contributed by atoms with Gasteiger partial charge in [0.15, 0.2) is 0 Å². The molecule has 2 N–H and O–H groups in total. The molecular weight excluding hydrogens is 243 g/mol. The van der Waals surface area contributed by atoms with Crippen LogP contribution in [0.2, 0.25) is 0 Å². The van der Waals surface area contributed by atoms with Crippen LogP contribution in [0.4, 0.5) is 4.39 Å². The molecule has 0 aliphatic heterocycles. The summed E-state index contributed by atoms with van der Waals surface area (Å²) in [5.74, 6) is -2.45. The third-order valence-corrected chi connectivity index (χ3v) is 2.41. The van der Waals surface area contributed by atoms with Gasteiger partial charge in [-0.2, -0.15) is 9.49 Å². The standard InChI is InChI=1S/C10H11FN4O3/c1-5(2)14-4-6(3-12-14)15-9(17)7(11)8(16)13-10(15)18/h3-5,17H,1-2H3,(H,13,16,18). The predicted molar refractivity (Wildman–Crippen MR) is 60.5 cm³/mol. The molecule has 0 saturated heterocycles. The van der Waals surface area contributed by atoms with E-state index in [1.807, 2.05) is 13.8 Å². The minimum absolute atomic E-state index is 0.0456. The van der Waals surface area contributed by atoms with E-state index >= 15 is 0 Å². The molecule has 18 heavy (non-hydrogen) atoms. The van der Waals surface area contributed by atoms with Crippen LogP contribution in [-0.2, 0) is 0 Å². The number of H-pyrrole nitrogens is 1. The van der Waals surface area contributed by atoms with Gasteiger partial charge >= 0.3 is 5.69 Å². The number of aromatic hydroxyl groups is 1. The van der Waals surface area contributed by atoms with E-state index in [9.17, 15) is 19.1 Å². The minimum Gasteiger partial charge on any atom is -0.492 e. The smallest absolute Gasteiger partial charge is 0.336 e. The lowest BCUT2D eigenvalue weighted by Gasteiger charge is -2.05. The monoisotopic (exact) mass is 254 g/mol. The van der Waals surface area contributed by atoms with Crippen LogP contribution in [0.15, 0.2) is 22.0 Å². The summed E-state index contributed by atoms with van der Waals surface area (Å²) in [6.45, 7) is 3.74. The van der Waals surface area contributed by atoms with Gasteiger partial charge in [0.2, 0.25) is 11.7 Å². The van der Waals surface area contributed by atoms with Crippen molar-refractivity contribution in [1.29, 1.82) is 0 Å². The first kappa shape index (κ1) is 12.1. The fourth-order valence-corrected chi connectivity index (χ4v) is 1.47.